The summed E-state index contributed by atoms with van der Waals surface area (Å²) < 4.78 is 0. The smallest absolute Gasteiger partial charge is 0.270 e. The molecule has 1 N–H and O–H groups in total. The van der Waals surface area contributed by atoms with Crippen LogP contribution in [0.1, 0.15) is 58.3 Å². The quantitative estimate of drug-likeness (QED) is 0.333. The predicted octanol–water partition coefficient (Wildman–Crippen LogP) is 3.74. The van der Waals surface area contributed by atoms with Crippen LogP contribution in [-0.2, 0) is 0 Å². The fourth-order valence-electron chi connectivity index (χ4n) is 1.58. The van der Waals surface area contributed by atoms with Crippen molar-refractivity contribution in [3.05, 3.63) is 0 Å². The van der Waals surface area contributed by atoms with Crippen LogP contribution in [0.2, 0.25) is 0 Å². The molecule has 1 saturated heterocycles. The molecule has 1 atom stereocenters. The Hall–Kier alpha value is 0.0200. The molecule has 76 valence electrons. The van der Waals surface area contributed by atoms with Crippen molar-refractivity contribution in [2.45, 2.75) is 63.5 Å². The van der Waals surface area contributed by atoms with Gasteiger partial charge in [0.1, 0.15) is 5.25 Å². The summed E-state index contributed by atoms with van der Waals surface area (Å²) in [5.74, 6) is 0. The Morgan fingerprint density at radius 3 is 2.15 bits per heavy atom. The van der Waals surface area contributed by atoms with Gasteiger partial charge in [-0.2, -0.15) is 0 Å². The molecule has 0 amide bonds. The third kappa shape index (κ3) is 5.35. The van der Waals surface area contributed by atoms with Crippen molar-refractivity contribution >= 4 is 16.9 Å². The van der Waals surface area contributed by atoms with Gasteiger partial charge in [0.2, 0.25) is 0 Å². The number of unbranched alkanes of at least 4 members (excludes halogenated alkanes) is 6. The fraction of sp³-hybridized carbons (Fsp3) is 0.909. The van der Waals surface area contributed by atoms with Crippen molar-refractivity contribution in [3.63, 3.8) is 0 Å². The summed E-state index contributed by atoms with van der Waals surface area (Å²) >= 11 is 1.64. The molecule has 1 nitrogen and oxygen atoms in total. The Bertz CT molecular complexity index is 156. The van der Waals surface area contributed by atoms with Gasteiger partial charge in [-0.25, -0.2) is 0 Å². The molecule has 1 rings (SSSR count). The lowest BCUT2D eigenvalue weighted by molar-refractivity contribution is 0.581. The first-order valence-electron chi connectivity index (χ1n) is 5.57. The third-order valence-corrected chi connectivity index (χ3v) is 3.57. The maximum Gasteiger partial charge on any atom is 0.365 e. The molecule has 13 heavy (non-hydrogen) atoms. The Morgan fingerprint density at radius 1 is 1.08 bits per heavy atom. The molecule has 0 bridgehead atoms. The van der Waals surface area contributed by atoms with E-state index < -0.39 is 0 Å². The first-order valence-corrected chi connectivity index (χ1v) is 6.45. The van der Waals surface area contributed by atoms with Crippen molar-refractivity contribution in [1.82, 2.24) is 0 Å². The van der Waals surface area contributed by atoms with Gasteiger partial charge in [0.25, 0.3) is 0 Å². The molecular weight excluding hydrogens is 180 g/mol. The van der Waals surface area contributed by atoms with E-state index in [-0.39, 0.29) is 0 Å². The third-order valence-electron chi connectivity index (χ3n) is 2.55. The van der Waals surface area contributed by atoms with Crippen LogP contribution in [0, 0.1) is 0 Å². The summed E-state index contributed by atoms with van der Waals surface area (Å²) in [5, 5.41) is 1.18. The minimum absolute atomic E-state index is 0.510. The molecule has 0 aromatic rings. The van der Waals surface area contributed by atoms with Gasteiger partial charge in [0.15, 0.2) is 0 Å². The van der Waals surface area contributed by atoms with E-state index in [1.165, 1.54) is 51.4 Å². The Kier molecular flexibility index (Phi) is 5.52. The van der Waals surface area contributed by atoms with Crippen molar-refractivity contribution in [3.8, 4) is 0 Å². The van der Waals surface area contributed by atoms with Crippen LogP contribution in [-0.4, -0.2) is 15.2 Å². The Balaban J connectivity index is 1.72. The normalized spacial score (nSPS) is 20.7. The highest BCUT2D eigenvalue weighted by Gasteiger charge is 2.43. The minimum atomic E-state index is 0.510. The van der Waals surface area contributed by atoms with Crippen LogP contribution < -0.4 is 0 Å². The number of rotatable bonds is 8. The molecule has 2 heteroatoms. The van der Waals surface area contributed by atoms with Crippen LogP contribution in [0.15, 0.2) is 0 Å². The van der Waals surface area contributed by atoms with E-state index in [4.69, 9.17) is 4.79 Å². The molecule has 0 aromatic carbocycles. The lowest BCUT2D eigenvalue weighted by atomic mass is 10.1. The summed E-state index contributed by atoms with van der Waals surface area (Å²) in [6, 6.07) is 0. The van der Waals surface area contributed by atoms with E-state index in [9.17, 15) is 0 Å². The van der Waals surface area contributed by atoms with Gasteiger partial charge in [0, 0.05) is 0 Å². The van der Waals surface area contributed by atoms with E-state index in [0.717, 1.165) is 0 Å². The second-order valence-electron chi connectivity index (χ2n) is 3.85. The average Bonchev–Trinajstić information content (AvgIpc) is 2.81. The van der Waals surface area contributed by atoms with Crippen LogP contribution in [0.5, 0.6) is 0 Å². The Labute approximate surface area is 85.7 Å². The van der Waals surface area contributed by atoms with Gasteiger partial charge < -0.3 is 0 Å². The second kappa shape index (κ2) is 6.47. The minimum Gasteiger partial charge on any atom is -0.270 e. The lowest BCUT2D eigenvalue weighted by Gasteiger charge is -1.98. The molecule has 1 fully saturated rings. The number of thioether (sulfide) groups is 1. The number of hydrogen-bond donors (Lipinski definition) is 0. The van der Waals surface area contributed by atoms with Gasteiger partial charge in [-0.3, -0.25) is 4.79 Å². The summed E-state index contributed by atoms with van der Waals surface area (Å²) in [6.07, 6.45) is 10.8. The summed E-state index contributed by atoms with van der Waals surface area (Å²) in [7, 11) is 0. The average molecular weight is 201 g/mol. The maximum absolute atomic E-state index is 8.98. The van der Waals surface area contributed by atoms with Crippen LogP contribution >= 0.6 is 11.8 Å². The summed E-state index contributed by atoms with van der Waals surface area (Å²) in [4.78, 5) is 8.98. The van der Waals surface area contributed by atoms with Crippen LogP contribution in [0.25, 0.3) is 0 Å². The van der Waals surface area contributed by atoms with Crippen molar-refractivity contribution < 1.29 is 4.79 Å². The standard InChI is InChI=1S/C11H20OS/c1-2-3-4-5-6-7-8-9-10-11(12)13-10/h10H,2-9H2,1H3/p+1/t10-/m0/s1. The molecule has 1 aliphatic heterocycles. The molecule has 0 unspecified atom stereocenters. The number of carbonyl (C=O) groups excluding carboxylic acids is 1. The molecule has 0 spiro atoms. The van der Waals surface area contributed by atoms with Crippen molar-refractivity contribution in [1.29, 1.82) is 0 Å². The lowest BCUT2D eigenvalue weighted by Crippen LogP contribution is -1.87. The van der Waals surface area contributed by atoms with Gasteiger partial charge in [-0.05, 0) is 18.2 Å². The van der Waals surface area contributed by atoms with Gasteiger partial charge in [0.05, 0.1) is 0 Å². The molecule has 0 radical (unpaired) electrons. The molecule has 0 aromatic heterocycles. The second-order valence-corrected chi connectivity index (χ2v) is 5.08. The summed E-state index contributed by atoms with van der Waals surface area (Å²) in [5.41, 5.74) is 0. The zero-order valence-electron chi connectivity index (χ0n) is 8.59. The van der Waals surface area contributed by atoms with Gasteiger partial charge >= 0.3 is 5.12 Å². The predicted molar refractivity (Wildman–Crippen MR) is 60.9 cm³/mol. The highest BCUT2D eigenvalue weighted by Crippen LogP contribution is 2.36. The molecule has 0 saturated carbocycles. The molecule has 1 aliphatic rings. The topological polar surface area (TPSA) is 21.4 Å². The molecular formula is C11H21OS+. The fourth-order valence-corrected chi connectivity index (χ4v) is 2.21. The van der Waals surface area contributed by atoms with E-state index in [1.54, 1.807) is 11.8 Å². The van der Waals surface area contributed by atoms with E-state index >= 15 is 0 Å². The summed E-state index contributed by atoms with van der Waals surface area (Å²) in [6.45, 7) is 2.25. The highest BCUT2D eigenvalue weighted by molar-refractivity contribution is 8.25. The van der Waals surface area contributed by atoms with E-state index in [2.05, 4.69) is 6.92 Å². The van der Waals surface area contributed by atoms with Crippen LogP contribution in [0.4, 0.5) is 0 Å². The largest absolute Gasteiger partial charge is 0.365 e. The first kappa shape index (κ1) is 11.1. The SMILES string of the molecule is CCCCCCCCC[C@@H]1SC1=[OH+]. The van der Waals surface area contributed by atoms with Gasteiger partial charge in [-0.15, -0.1) is 0 Å². The van der Waals surface area contributed by atoms with Crippen molar-refractivity contribution in [2.75, 3.05) is 0 Å². The highest BCUT2D eigenvalue weighted by atomic mass is 32.2. The Morgan fingerprint density at radius 2 is 1.62 bits per heavy atom. The van der Waals surface area contributed by atoms with Crippen molar-refractivity contribution in [2.24, 2.45) is 0 Å². The van der Waals surface area contributed by atoms with E-state index in [0.29, 0.717) is 10.4 Å². The van der Waals surface area contributed by atoms with E-state index in [1.807, 2.05) is 0 Å². The monoisotopic (exact) mass is 201 g/mol. The maximum atomic E-state index is 8.98. The molecule has 1 heterocycles. The zero-order chi connectivity index (χ0) is 9.52. The first-order chi connectivity index (χ1) is 6.34. The van der Waals surface area contributed by atoms with Gasteiger partial charge in [-0.1, -0.05) is 51.9 Å². The van der Waals surface area contributed by atoms with Crippen LogP contribution in [0.3, 0.4) is 0 Å². The molecule has 0 aliphatic carbocycles. The number of hydrogen-bond acceptors (Lipinski definition) is 1. The zero-order valence-corrected chi connectivity index (χ0v) is 9.41.